The Labute approximate surface area is 235 Å². The third-order valence-electron chi connectivity index (χ3n) is 7.06. The first-order valence-corrected chi connectivity index (χ1v) is 14.1. The van der Waals surface area contributed by atoms with Crippen molar-refractivity contribution < 1.29 is 28.6 Å². The molecule has 0 N–H and O–H groups in total. The number of ether oxygens (including phenoxy) is 3. The van der Waals surface area contributed by atoms with Crippen molar-refractivity contribution in [3.63, 3.8) is 0 Å². The lowest BCUT2D eigenvalue weighted by atomic mass is 9.90. The van der Waals surface area contributed by atoms with E-state index in [1.807, 2.05) is 62.4 Å². The number of benzene rings is 3. The highest BCUT2D eigenvalue weighted by atomic mass is 16.7. The first-order chi connectivity index (χ1) is 19.6. The van der Waals surface area contributed by atoms with E-state index in [1.54, 1.807) is 29.3 Å². The average molecular weight is 545 g/mol. The van der Waals surface area contributed by atoms with Gasteiger partial charge in [0.2, 0.25) is 5.91 Å². The fourth-order valence-corrected chi connectivity index (χ4v) is 5.14. The highest BCUT2D eigenvalue weighted by Crippen LogP contribution is 2.48. The van der Waals surface area contributed by atoms with Gasteiger partial charge in [-0.1, -0.05) is 44.5 Å². The summed E-state index contributed by atoms with van der Waals surface area (Å²) in [6, 6.07) is 21.7. The van der Waals surface area contributed by atoms with Crippen molar-refractivity contribution in [3.05, 3.63) is 78.4 Å². The minimum Gasteiger partial charge on any atom is -0.494 e. The van der Waals surface area contributed by atoms with Crippen molar-refractivity contribution in [1.29, 1.82) is 0 Å². The summed E-state index contributed by atoms with van der Waals surface area (Å²) in [4.78, 5) is 35.2. The molecule has 3 atom stereocenters. The molecule has 0 aliphatic carbocycles. The highest BCUT2D eigenvalue weighted by molar-refractivity contribution is 6.23. The minimum absolute atomic E-state index is 0.304. The number of imide groups is 1. The topological polar surface area (TPSA) is 77.5 Å². The third kappa shape index (κ3) is 5.36. The Kier molecular flexibility index (Phi) is 8.55. The average Bonchev–Trinajstić information content (AvgIpc) is 3.49. The summed E-state index contributed by atoms with van der Waals surface area (Å²) in [5.41, 5.74) is 2.05. The van der Waals surface area contributed by atoms with Crippen LogP contribution in [-0.4, -0.2) is 37.7 Å². The van der Waals surface area contributed by atoms with Crippen LogP contribution in [0.25, 0.3) is 0 Å². The van der Waals surface area contributed by atoms with Gasteiger partial charge in [-0.3, -0.25) is 14.4 Å². The van der Waals surface area contributed by atoms with Gasteiger partial charge in [0.15, 0.2) is 17.6 Å². The van der Waals surface area contributed by atoms with Crippen molar-refractivity contribution >= 4 is 23.2 Å². The van der Waals surface area contributed by atoms with Gasteiger partial charge in [-0.05, 0) is 73.9 Å². The molecular weight excluding hydrogens is 508 g/mol. The molecule has 2 amide bonds. The van der Waals surface area contributed by atoms with E-state index < -0.39 is 18.1 Å². The number of nitrogens with zero attached hydrogens (tertiary/aromatic N) is 2. The number of carbonyl (C=O) groups is 2. The summed E-state index contributed by atoms with van der Waals surface area (Å²) in [7, 11) is 0. The van der Waals surface area contributed by atoms with E-state index in [-0.39, 0.29) is 11.8 Å². The van der Waals surface area contributed by atoms with Gasteiger partial charge in [0.05, 0.1) is 37.2 Å². The number of hydrogen-bond donors (Lipinski definition) is 0. The fourth-order valence-electron chi connectivity index (χ4n) is 5.14. The van der Waals surface area contributed by atoms with E-state index >= 15 is 0 Å². The molecular formula is C32H36N2O6. The summed E-state index contributed by atoms with van der Waals surface area (Å²) in [5.74, 6) is 0.515. The molecule has 0 spiro atoms. The number of hydroxylamine groups is 1. The second-order valence-corrected chi connectivity index (χ2v) is 9.85. The smallest absolute Gasteiger partial charge is 0.266 e. The number of rotatable bonds is 12. The molecule has 8 heteroatoms. The molecule has 210 valence electrons. The molecule has 0 aromatic heterocycles. The van der Waals surface area contributed by atoms with Gasteiger partial charge < -0.3 is 14.2 Å². The third-order valence-corrected chi connectivity index (χ3v) is 7.06. The maximum Gasteiger partial charge on any atom is 0.266 e. The Balaban J connectivity index is 1.50. The van der Waals surface area contributed by atoms with Gasteiger partial charge in [0.1, 0.15) is 11.7 Å². The van der Waals surface area contributed by atoms with Gasteiger partial charge in [0, 0.05) is 0 Å². The van der Waals surface area contributed by atoms with E-state index in [0.29, 0.717) is 42.8 Å². The molecule has 2 aliphatic rings. The number of unbranched alkanes of at least 4 members (excludes halogenated alkanes) is 1. The first kappa shape index (κ1) is 27.5. The van der Waals surface area contributed by atoms with Crippen LogP contribution in [0, 0.1) is 5.92 Å². The van der Waals surface area contributed by atoms with Crippen LogP contribution in [0.2, 0.25) is 0 Å². The quantitative estimate of drug-likeness (QED) is 0.201. The zero-order chi connectivity index (χ0) is 28.1. The Morgan fingerprint density at radius 1 is 0.750 bits per heavy atom. The Hall–Kier alpha value is -4.04. The summed E-state index contributed by atoms with van der Waals surface area (Å²) < 4.78 is 17.6. The largest absolute Gasteiger partial charge is 0.494 e. The minimum atomic E-state index is -0.954. The van der Waals surface area contributed by atoms with E-state index in [1.165, 1.54) is 4.90 Å². The molecule has 40 heavy (non-hydrogen) atoms. The summed E-state index contributed by atoms with van der Waals surface area (Å²) in [6.45, 7) is 7.72. The van der Waals surface area contributed by atoms with Crippen LogP contribution in [0.5, 0.6) is 17.2 Å². The standard InChI is InChI=1S/C32H36N2O6/c1-4-7-20-39-26-18-13-22(21-27(26)37-6-3)29-28-30(40-34(29)24-11-9-8-10-12-24)32(36)33(31(28)35)23-14-16-25(17-15-23)38-19-5-2/h8-18,21,28-30H,4-7,19-20H2,1-3H3/t28-,29-,30+/m1/s1. The van der Waals surface area contributed by atoms with Gasteiger partial charge in [-0.15, -0.1) is 0 Å². The summed E-state index contributed by atoms with van der Waals surface area (Å²) in [5, 5.41) is 1.69. The molecule has 2 heterocycles. The van der Waals surface area contributed by atoms with Gasteiger partial charge in [-0.2, -0.15) is 0 Å². The van der Waals surface area contributed by atoms with E-state index in [9.17, 15) is 9.59 Å². The number of para-hydroxylation sites is 1. The number of hydrogen-bond acceptors (Lipinski definition) is 7. The Morgan fingerprint density at radius 3 is 2.23 bits per heavy atom. The Bertz CT molecular complexity index is 1310. The molecule has 0 saturated carbocycles. The van der Waals surface area contributed by atoms with Gasteiger partial charge in [0.25, 0.3) is 5.91 Å². The van der Waals surface area contributed by atoms with Crippen LogP contribution < -0.4 is 24.2 Å². The van der Waals surface area contributed by atoms with Crippen molar-refractivity contribution in [2.45, 2.75) is 52.2 Å². The lowest BCUT2D eigenvalue weighted by molar-refractivity contribution is -0.126. The van der Waals surface area contributed by atoms with Crippen LogP contribution >= 0.6 is 0 Å². The Morgan fingerprint density at radius 2 is 1.52 bits per heavy atom. The van der Waals surface area contributed by atoms with Crippen molar-refractivity contribution in [1.82, 2.24) is 0 Å². The van der Waals surface area contributed by atoms with Crippen molar-refractivity contribution in [2.24, 2.45) is 5.92 Å². The molecule has 0 bridgehead atoms. The molecule has 2 aliphatic heterocycles. The predicted molar refractivity (Wildman–Crippen MR) is 153 cm³/mol. The van der Waals surface area contributed by atoms with Crippen LogP contribution in [0.3, 0.4) is 0 Å². The second kappa shape index (κ2) is 12.4. The number of amides is 2. The predicted octanol–water partition coefficient (Wildman–Crippen LogP) is 6.10. The van der Waals surface area contributed by atoms with Crippen LogP contribution in [-0.2, 0) is 14.4 Å². The van der Waals surface area contributed by atoms with E-state index in [2.05, 4.69) is 6.92 Å². The SMILES string of the molecule is CCCCOc1ccc([C@@H]2[C@H]3C(=O)N(c4ccc(OCCC)cc4)C(=O)[C@H]3ON2c2ccccc2)cc1OCC. The molecule has 0 radical (unpaired) electrons. The lowest BCUT2D eigenvalue weighted by Gasteiger charge is -2.29. The molecule has 3 aromatic carbocycles. The summed E-state index contributed by atoms with van der Waals surface area (Å²) in [6.07, 6.45) is 1.90. The number of carbonyl (C=O) groups excluding carboxylic acids is 2. The first-order valence-electron chi connectivity index (χ1n) is 14.1. The van der Waals surface area contributed by atoms with E-state index in [4.69, 9.17) is 19.0 Å². The summed E-state index contributed by atoms with van der Waals surface area (Å²) >= 11 is 0. The maximum absolute atomic E-state index is 14.0. The number of anilines is 2. The molecule has 2 fully saturated rings. The normalized spacial score (nSPS) is 20.1. The molecule has 8 nitrogen and oxygen atoms in total. The van der Waals surface area contributed by atoms with Gasteiger partial charge >= 0.3 is 0 Å². The second-order valence-electron chi connectivity index (χ2n) is 9.85. The van der Waals surface area contributed by atoms with Gasteiger partial charge in [-0.25, -0.2) is 9.96 Å². The van der Waals surface area contributed by atoms with Crippen molar-refractivity contribution in [3.8, 4) is 17.2 Å². The maximum atomic E-state index is 14.0. The number of fused-ring (bicyclic) bond motifs is 1. The zero-order valence-electron chi connectivity index (χ0n) is 23.2. The zero-order valence-corrected chi connectivity index (χ0v) is 23.2. The monoisotopic (exact) mass is 544 g/mol. The molecule has 0 unspecified atom stereocenters. The molecule has 2 saturated heterocycles. The van der Waals surface area contributed by atoms with Crippen LogP contribution in [0.4, 0.5) is 11.4 Å². The highest BCUT2D eigenvalue weighted by Gasteiger charge is 2.60. The molecule has 5 rings (SSSR count). The van der Waals surface area contributed by atoms with E-state index in [0.717, 1.165) is 30.5 Å². The van der Waals surface area contributed by atoms with Crippen LogP contribution in [0.15, 0.2) is 72.8 Å². The van der Waals surface area contributed by atoms with Crippen LogP contribution in [0.1, 0.15) is 51.6 Å². The molecule has 3 aromatic rings. The fraction of sp³-hybridized carbons (Fsp3) is 0.375. The van der Waals surface area contributed by atoms with Crippen molar-refractivity contribution in [2.75, 3.05) is 29.8 Å². The lowest BCUT2D eigenvalue weighted by Crippen LogP contribution is -2.37.